The number of hydrogen-bond donors (Lipinski definition) is 2. The van der Waals surface area contributed by atoms with Gasteiger partial charge in [-0.15, -0.1) is 0 Å². The van der Waals surface area contributed by atoms with Gasteiger partial charge in [-0.3, -0.25) is 4.79 Å². The monoisotopic (exact) mass is 342 g/mol. The molecule has 2 aromatic carbocycles. The van der Waals surface area contributed by atoms with Gasteiger partial charge in [0.2, 0.25) is 5.91 Å². The normalized spacial score (nSPS) is 10.0. The Morgan fingerprint density at radius 3 is 2.24 bits per heavy atom. The first-order valence-electron chi connectivity index (χ1n) is 7.94. The average molecular weight is 342 g/mol. The number of ether oxygens (including phenoxy) is 2. The van der Waals surface area contributed by atoms with Gasteiger partial charge in [-0.05, 0) is 42.0 Å². The number of carbonyl (C=O) groups is 2. The molecular weight excluding hydrogens is 320 g/mol. The van der Waals surface area contributed by atoms with Crippen molar-refractivity contribution in [2.45, 2.75) is 13.0 Å². The summed E-state index contributed by atoms with van der Waals surface area (Å²) >= 11 is 0. The summed E-state index contributed by atoms with van der Waals surface area (Å²) in [6.07, 6.45) is 0.356. The van der Waals surface area contributed by atoms with E-state index in [2.05, 4.69) is 15.4 Å². The molecule has 2 aromatic rings. The van der Waals surface area contributed by atoms with Crippen molar-refractivity contribution in [2.75, 3.05) is 26.1 Å². The molecular formula is C19H22N2O4. The summed E-state index contributed by atoms with van der Waals surface area (Å²) in [6.45, 7) is 0.989. The lowest BCUT2D eigenvalue weighted by atomic mass is 10.2. The van der Waals surface area contributed by atoms with Gasteiger partial charge in [-0.25, -0.2) is 4.79 Å². The fraction of sp³-hybridized carbons (Fsp3) is 0.263. The fourth-order valence-corrected chi connectivity index (χ4v) is 2.19. The van der Waals surface area contributed by atoms with E-state index in [1.54, 1.807) is 31.4 Å². The van der Waals surface area contributed by atoms with Gasteiger partial charge in [0.15, 0.2) is 0 Å². The number of rotatable bonds is 8. The number of nitrogens with one attached hydrogen (secondary N) is 2. The Morgan fingerprint density at radius 1 is 0.960 bits per heavy atom. The molecule has 0 saturated carbocycles. The topological polar surface area (TPSA) is 76.7 Å². The van der Waals surface area contributed by atoms with Crippen LogP contribution < -0.4 is 15.4 Å². The van der Waals surface area contributed by atoms with E-state index in [4.69, 9.17) is 4.74 Å². The summed E-state index contributed by atoms with van der Waals surface area (Å²) < 4.78 is 9.74. The van der Waals surface area contributed by atoms with Crippen molar-refractivity contribution in [1.29, 1.82) is 0 Å². The first-order valence-corrected chi connectivity index (χ1v) is 7.94. The molecule has 132 valence electrons. The third-order valence-corrected chi connectivity index (χ3v) is 3.64. The van der Waals surface area contributed by atoms with Crippen LogP contribution in [-0.2, 0) is 16.1 Å². The quantitative estimate of drug-likeness (QED) is 0.721. The standard InChI is InChI=1S/C19H22N2O4/c1-24-17-9-3-14(4-10-17)13-21-18(22)11-12-20-16-7-5-15(6-8-16)19(23)25-2/h3-10,20H,11-13H2,1-2H3,(H,21,22). The molecule has 6 heteroatoms. The van der Waals surface area contributed by atoms with E-state index in [1.165, 1.54) is 7.11 Å². The van der Waals surface area contributed by atoms with Gasteiger partial charge in [-0.2, -0.15) is 0 Å². The molecule has 0 radical (unpaired) electrons. The maximum absolute atomic E-state index is 11.9. The fourth-order valence-electron chi connectivity index (χ4n) is 2.19. The highest BCUT2D eigenvalue weighted by Gasteiger charge is 2.05. The number of carbonyl (C=O) groups excluding carboxylic acids is 2. The molecule has 0 aliphatic heterocycles. The van der Waals surface area contributed by atoms with Gasteiger partial charge in [0.05, 0.1) is 19.8 Å². The van der Waals surface area contributed by atoms with E-state index in [0.29, 0.717) is 25.1 Å². The van der Waals surface area contributed by atoms with Crippen LogP contribution in [0, 0.1) is 0 Å². The van der Waals surface area contributed by atoms with Gasteiger partial charge < -0.3 is 20.1 Å². The second-order valence-corrected chi connectivity index (χ2v) is 5.37. The van der Waals surface area contributed by atoms with Crippen LogP contribution in [0.25, 0.3) is 0 Å². The van der Waals surface area contributed by atoms with Crippen LogP contribution in [0.1, 0.15) is 22.3 Å². The third-order valence-electron chi connectivity index (χ3n) is 3.64. The number of benzene rings is 2. The molecule has 0 unspecified atom stereocenters. The van der Waals surface area contributed by atoms with Crippen LogP contribution in [-0.4, -0.2) is 32.6 Å². The smallest absolute Gasteiger partial charge is 0.337 e. The minimum Gasteiger partial charge on any atom is -0.497 e. The highest BCUT2D eigenvalue weighted by atomic mass is 16.5. The molecule has 0 spiro atoms. The number of hydrogen-bond acceptors (Lipinski definition) is 5. The lowest BCUT2D eigenvalue weighted by Crippen LogP contribution is -2.24. The minimum absolute atomic E-state index is 0.0329. The minimum atomic E-state index is -0.371. The van der Waals surface area contributed by atoms with Crippen LogP contribution in [0.15, 0.2) is 48.5 Å². The molecule has 1 amide bonds. The zero-order valence-electron chi connectivity index (χ0n) is 14.4. The van der Waals surface area contributed by atoms with Crippen molar-refractivity contribution in [3.05, 3.63) is 59.7 Å². The molecule has 0 aliphatic carbocycles. The Hall–Kier alpha value is -3.02. The van der Waals surface area contributed by atoms with Crippen molar-refractivity contribution < 1.29 is 19.1 Å². The van der Waals surface area contributed by atoms with Crippen molar-refractivity contribution >= 4 is 17.6 Å². The number of amides is 1. The zero-order valence-corrected chi connectivity index (χ0v) is 14.4. The van der Waals surface area contributed by atoms with Crippen LogP contribution in [0.2, 0.25) is 0 Å². The lowest BCUT2D eigenvalue weighted by molar-refractivity contribution is -0.121. The first kappa shape index (κ1) is 18.3. The Labute approximate surface area is 147 Å². The van der Waals surface area contributed by atoms with Crippen LogP contribution >= 0.6 is 0 Å². The van der Waals surface area contributed by atoms with Crippen molar-refractivity contribution in [2.24, 2.45) is 0 Å². The predicted molar refractivity (Wildman–Crippen MR) is 95.7 cm³/mol. The summed E-state index contributed by atoms with van der Waals surface area (Å²) in [7, 11) is 2.96. The molecule has 25 heavy (non-hydrogen) atoms. The van der Waals surface area contributed by atoms with Crippen molar-refractivity contribution in [3.8, 4) is 5.75 Å². The van der Waals surface area contributed by atoms with Gasteiger partial charge >= 0.3 is 5.97 Å². The van der Waals surface area contributed by atoms with E-state index in [-0.39, 0.29) is 11.9 Å². The number of methoxy groups -OCH3 is 2. The van der Waals surface area contributed by atoms with Gasteiger partial charge in [-0.1, -0.05) is 12.1 Å². The summed E-state index contributed by atoms with van der Waals surface area (Å²) in [5.74, 6) is 0.386. The van der Waals surface area contributed by atoms with Crippen LogP contribution in [0.4, 0.5) is 5.69 Å². The lowest BCUT2D eigenvalue weighted by Gasteiger charge is -2.08. The maximum atomic E-state index is 11.9. The van der Waals surface area contributed by atoms with E-state index < -0.39 is 0 Å². The van der Waals surface area contributed by atoms with E-state index in [9.17, 15) is 9.59 Å². The van der Waals surface area contributed by atoms with Crippen molar-refractivity contribution in [3.63, 3.8) is 0 Å². The first-order chi connectivity index (χ1) is 12.1. The summed E-state index contributed by atoms with van der Waals surface area (Å²) in [5.41, 5.74) is 2.35. The molecule has 6 nitrogen and oxygen atoms in total. The molecule has 0 atom stereocenters. The molecule has 2 rings (SSSR count). The van der Waals surface area contributed by atoms with Crippen LogP contribution in [0.5, 0.6) is 5.75 Å². The maximum Gasteiger partial charge on any atom is 0.337 e. The number of esters is 1. The Balaban J connectivity index is 1.70. The molecule has 0 aliphatic rings. The summed E-state index contributed by atoms with van der Waals surface area (Å²) in [4.78, 5) is 23.2. The Bertz CT molecular complexity index is 696. The summed E-state index contributed by atoms with van der Waals surface area (Å²) in [6, 6.07) is 14.5. The van der Waals surface area contributed by atoms with Crippen molar-refractivity contribution in [1.82, 2.24) is 5.32 Å². The number of anilines is 1. The van der Waals surface area contributed by atoms with E-state index in [0.717, 1.165) is 17.0 Å². The SMILES string of the molecule is COC(=O)c1ccc(NCCC(=O)NCc2ccc(OC)cc2)cc1. The molecule has 2 N–H and O–H groups in total. The second-order valence-electron chi connectivity index (χ2n) is 5.37. The largest absolute Gasteiger partial charge is 0.497 e. The van der Waals surface area contributed by atoms with Gasteiger partial charge in [0, 0.05) is 25.2 Å². The highest BCUT2D eigenvalue weighted by Crippen LogP contribution is 2.11. The Kier molecular flexibility index (Phi) is 6.83. The molecule has 0 heterocycles. The Morgan fingerprint density at radius 2 is 1.64 bits per heavy atom. The molecule has 0 fully saturated rings. The molecule has 0 saturated heterocycles. The third kappa shape index (κ3) is 5.84. The van der Waals surface area contributed by atoms with E-state index >= 15 is 0 Å². The molecule has 0 bridgehead atoms. The zero-order chi connectivity index (χ0) is 18.1. The van der Waals surface area contributed by atoms with Gasteiger partial charge in [0.25, 0.3) is 0 Å². The van der Waals surface area contributed by atoms with Crippen LogP contribution in [0.3, 0.4) is 0 Å². The summed E-state index contributed by atoms with van der Waals surface area (Å²) in [5, 5.41) is 6.02. The van der Waals surface area contributed by atoms with E-state index in [1.807, 2.05) is 24.3 Å². The highest BCUT2D eigenvalue weighted by molar-refractivity contribution is 5.89. The second kappa shape index (κ2) is 9.32. The average Bonchev–Trinajstić information content (AvgIpc) is 2.66. The van der Waals surface area contributed by atoms with Gasteiger partial charge in [0.1, 0.15) is 5.75 Å². The molecule has 0 aromatic heterocycles. The predicted octanol–water partition coefficient (Wildman–Crippen LogP) is 2.60.